The number of imide groups is 1. The number of carbonyl (C=O) groups excluding carboxylic acids is 2. The minimum atomic E-state index is -0.0684. The molecule has 0 aromatic heterocycles. The van der Waals surface area contributed by atoms with E-state index in [4.69, 9.17) is 0 Å². The lowest BCUT2D eigenvalue weighted by Gasteiger charge is -2.23. The fourth-order valence-electron chi connectivity index (χ4n) is 2.63. The van der Waals surface area contributed by atoms with Crippen LogP contribution in [0.2, 0.25) is 0 Å². The third-order valence-electron chi connectivity index (χ3n) is 3.75. The Morgan fingerprint density at radius 3 is 1.80 bits per heavy atom. The molecule has 2 amide bonds. The van der Waals surface area contributed by atoms with Gasteiger partial charge in [-0.15, -0.1) is 0 Å². The van der Waals surface area contributed by atoms with E-state index in [0.717, 1.165) is 12.8 Å². The number of rotatable bonds is 1. The third-order valence-corrected chi connectivity index (χ3v) is 3.75. The molecule has 1 aliphatic heterocycles. The number of hydrogen-bond donors (Lipinski definition) is 0. The molecule has 2 aliphatic rings. The number of likely N-dealkylation sites (tertiary alicyclic amines) is 1. The molecule has 0 aromatic carbocycles. The first-order valence-corrected chi connectivity index (χ1v) is 5.56. The van der Waals surface area contributed by atoms with E-state index in [-0.39, 0.29) is 23.7 Å². The lowest BCUT2D eigenvalue weighted by molar-refractivity contribution is -0.139. The smallest absolute Gasteiger partial charge is 0.233 e. The van der Waals surface area contributed by atoms with E-state index in [0.29, 0.717) is 6.54 Å². The molecule has 1 saturated heterocycles. The number of allylic oxidation sites excluding steroid dienone is 2. The molecule has 3 nitrogen and oxygen atoms in total. The summed E-state index contributed by atoms with van der Waals surface area (Å²) in [5.41, 5.74) is 2.57. The Labute approximate surface area is 90.1 Å². The molecule has 0 spiro atoms. The second kappa shape index (κ2) is 3.47. The Kier molecular flexibility index (Phi) is 2.41. The van der Waals surface area contributed by atoms with Crippen molar-refractivity contribution in [2.75, 3.05) is 6.54 Å². The monoisotopic (exact) mass is 207 g/mol. The van der Waals surface area contributed by atoms with Gasteiger partial charge in [0.2, 0.25) is 11.8 Å². The zero-order chi connectivity index (χ0) is 11.2. The van der Waals surface area contributed by atoms with Crippen molar-refractivity contribution < 1.29 is 9.59 Å². The van der Waals surface area contributed by atoms with E-state index < -0.39 is 0 Å². The van der Waals surface area contributed by atoms with E-state index in [2.05, 4.69) is 13.8 Å². The van der Waals surface area contributed by atoms with Crippen molar-refractivity contribution in [3.05, 3.63) is 11.1 Å². The minimum Gasteiger partial charge on any atom is -0.282 e. The van der Waals surface area contributed by atoms with Gasteiger partial charge in [0.25, 0.3) is 0 Å². The van der Waals surface area contributed by atoms with Crippen molar-refractivity contribution in [1.82, 2.24) is 4.90 Å². The second-order valence-electron chi connectivity index (χ2n) is 4.60. The fourth-order valence-corrected chi connectivity index (χ4v) is 2.63. The SMILES string of the molecule is CCN1C(=O)C2CC(C)=C(C)CC2C1=O. The quantitative estimate of drug-likeness (QED) is 0.485. The lowest BCUT2D eigenvalue weighted by atomic mass is 9.78. The maximum absolute atomic E-state index is 11.9. The normalized spacial score (nSPS) is 31.3. The van der Waals surface area contributed by atoms with E-state index >= 15 is 0 Å². The molecule has 3 heteroatoms. The van der Waals surface area contributed by atoms with Crippen LogP contribution in [0, 0.1) is 11.8 Å². The summed E-state index contributed by atoms with van der Waals surface area (Å²) in [4.78, 5) is 25.2. The van der Waals surface area contributed by atoms with E-state index in [1.54, 1.807) is 0 Å². The topological polar surface area (TPSA) is 37.4 Å². The first kappa shape index (κ1) is 10.4. The van der Waals surface area contributed by atoms with Crippen molar-refractivity contribution >= 4 is 11.8 Å². The summed E-state index contributed by atoms with van der Waals surface area (Å²) in [7, 11) is 0. The number of fused-ring (bicyclic) bond motifs is 1. The molecule has 1 fully saturated rings. The Morgan fingerprint density at radius 1 is 1.07 bits per heavy atom. The van der Waals surface area contributed by atoms with Gasteiger partial charge in [-0.3, -0.25) is 14.5 Å². The zero-order valence-corrected chi connectivity index (χ0v) is 9.54. The molecule has 0 N–H and O–H groups in total. The van der Waals surface area contributed by atoms with Crippen molar-refractivity contribution in [1.29, 1.82) is 0 Å². The van der Waals surface area contributed by atoms with Crippen molar-refractivity contribution in [2.45, 2.75) is 33.6 Å². The van der Waals surface area contributed by atoms with Crippen LogP contribution in [0.5, 0.6) is 0 Å². The van der Waals surface area contributed by atoms with Crippen molar-refractivity contribution in [3.63, 3.8) is 0 Å². The van der Waals surface area contributed by atoms with Crippen LogP contribution in [0.25, 0.3) is 0 Å². The zero-order valence-electron chi connectivity index (χ0n) is 9.54. The largest absolute Gasteiger partial charge is 0.282 e. The molecule has 1 aliphatic carbocycles. The highest BCUT2D eigenvalue weighted by atomic mass is 16.2. The maximum Gasteiger partial charge on any atom is 0.233 e. The van der Waals surface area contributed by atoms with Crippen LogP contribution in [0.3, 0.4) is 0 Å². The van der Waals surface area contributed by atoms with Gasteiger partial charge in [-0.05, 0) is 33.6 Å². The predicted molar refractivity (Wildman–Crippen MR) is 57.0 cm³/mol. The lowest BCUT2D eigenvalue weighted by Crippen LogP contribution is -2.30. The van der Waals surface area contributed by atoms with E-state index in [9.17, 15) is 9.59 Å². The standard InChI is InChI=1S/C12H17NO2/c1-4-13-11(14)9-5-7(2)8(3)6-10(9)12(13)15/h9-10H,4-6H2,1-3H3. The molecule has 1 heterocycles. The Balaban J connectivity index is 2.30. The Morgan fingerprint density at radius 2 is 1.47 bits per heavy atom. The molecule has 0 saturated carbocycles. The average molecular weight is 207 g/mol. The summed E-state index contributed by atoms with van der Waals surface area (Å²) in [6.07, 6.45) is 1.55. The van der Waals surface area contributed by atoms with Gasteiger partial charge in [0, 0.05) is 6.54 Å². The van der Waals surface area contributed by atoms with Gasteiger partial charge in [-0.1, -0.05) is 11.1 Å². The number of hydrogen-bond acceptors (Lipinski definition) is 2. The van der Waals surface area contributed by atoms with Crippen LogP contribution in [-0.4, -0.2) is 23.3 Å². The summed E-state index contributed by atoms with van der Waals surface area (Å²) in [5, 5.41) is 0. The maximum atomic E-state index is 11.9. The fraction of sp³-hybridized carbons (Fsp3) is 0.667. The van der Waals surface area contributed by atoms with Crippen LogP contribution in [0.1, 0.15) is 33.6 Å². The molecule has 0 bridgehead atoms. The summed E-state index contributed by atoms with van der Waals surface area (Å²) in [5.74, 6) is -0.0546. The summed E-state index contributed by atoms with van der Waals surface area (Å²) >= 11 is 0. The second-order valence-corrected chi connectivity index (χ2v) is 4.60. The Bertz CT molecular complexity index is 325. The first-order valence-electron chi connectivity index (χ1n) is 5.56. The van der Waals surface area contributed by atoms with Gasteiger partial charge in [0.15, 0.2) is 0 Å². The van der Waals surface area contributed by atoms with Gasteiger partial charge >= 0.3 is 0 Å². The van der Waals surface area contributed by atoms with Crippen LogP contribution in [0.15, 0.2) is 11.1 Å². The van der Waals surface area contributed by atoms with Gasteiger partial charge < -0.3 is 0 Å². The number of nitrogens with zero attached hydrogens (tertiary/aromatic N) is 1. The highest BCUT2D eigenvalue weighted by Crippen LogP contribution is 2.40. The van der Waals surface area contributed by atoms with Gasteiger partial charge in [0.1, 0.15) is 0 Å². The Hall–Kier alpha value is -1.12. The van der Waals surface area contributed by atoms with Gasteiger partial charge in [-0.2, -0.15) is 0 Å². The molecule has 2 atom stereocenters. The van der Waals surface area contributed by atoms with Crippen LogP contribution < -0.4 is 0 Å². The molecule has 0 aromatic rings. The molecule has 2 rings (SSSR count). The van der Waals surface area contributed by atoms with Crippen LogP contribution in [0.4, 0.5) is 0 Å². The predicted octanol–water partition coefficient (Wildman–Crippen LogP) is 1.74. The van der Waals surface area contributed by atoms with Crippen molar-refractivity contribution in [3.8, 4) is 0 Å². The highest BCUT2D eigenvalue weighted by Gasteiger charge is 2.48. The van der Waals surface area contributed by atoms with Crippen molar-refractivity contribution in [2.24, 2.45) is 11.8 Å². The molecule has 82 valence electrons. The molecule has 0 radical (unpaired) electrons. The van der Waals surface area contributed by atoms with Gasteiger partial charge in [0.05, 0.1) is 11.8 Å². The van der Waals surface area contributed by atoms with E-state index in [1.165, 1.54) is 16.0 Å². The molecular formula is C12H17NO2. The van der Waals surface area contributed by atoms with Crippen LogP contribution in [-0.2, 0) is 9.59 Å². The number of carbonyl (C=O) groups is 2. The summed E-state index contributed by atoms with van der Waals surface area (Å²) < 4.78 is 0. The summed E-state index contributed by atoms with van der Waals surface area (Å²) in [6.45, 7) is 6.51. The van der Waals surface area contributed by atoms with Crippen LogP contribution >= 0.6 is 0 Å². The minimum absolute atomic E-state index is 0.0411. The first-order chi connectivity index (χ1) is 7.06. The average Bonchev–Trinajstić information content (AvgIpc) is 2.42. The molecule has 2 unspecified atom stereocenters. The third kappa shape index (κ3) is 1.41. The molecule has 15 heavy (non-hydrogen) atoms. The van der Waals surface area contributed by atoms with E-state index in [1.807, 2.05) is 6.92 Å². The number of amides is 2. The summed E-state index contributed by atoms with van der Waals surface area (Å²) in [6, 6.07) is 0. The highest BCUT2D eigenvalue weighted by molar-refractivity contribution is 6.05. The van der Waals surface area contributed by atoms with Gasteiger partial charge in [-0.25, -0.2) is 0 Å². The molecular weight excluding hydrogens is 190 g/mol.